The van der Waals surface area contributed by atoms with E-state index in [1.54, 1.807) is 22.8 Å². The number of nitrogens with zero attached hydrogens (tertiary/aromatic N) is 1. The van der Waals surface area contributed by atoms with E-state index in [9.17, 15) is 14.0 Å². The standard InChI is InChI=1S/C19H21FN2O4/c1-25-19(24)18-15-6-8-21-9-10-22(15)17(23)12-16(18)26-11-7-13-4-2-3-5-14(13)20/h2-5,12,21H,6-11H2,1H3. The normalized spacial score (nSPS) is 13.6. The van der Waals surface area contributed by atoms with Gasteiger partial charge in [-0.1, -0.05) is 18.2 Å². The number of pyridine rings is 1. The number of aromatic nitrogens is 1. The topological polar surface area (TPSA) is 69.6 Å². The first-order valence-electron chi connectivity index (χ1n) is 8.53. The van der Waals surface area contributed by atoms with Crippen molar-refractivity contribution in [2.45, 2.75) is 19.4 Å². The zero-order valence-electron chi connectivity index (χ0n) is 14.6. The lowest BCUT2D eigenvalue weighted by molar-refractivity contribution is 0.0593. The lowest BCUT2D eigenvalue weighted by Gasteiger charge is -2.17. The Morgan fingerprint density at radius 3 is 2.88 bits per heavy atom. The minimum atomic E-state index is -0.545. The van der Waals surface area contributed by atoms with Crippen molar-refractivity contribution in [2.75, 3.05) is 26.8 Å². The monoisotopic (exact) mass is 360 g/mol. The molecule has 0 radical (unpaired) electrons. The molecule has 1 aliphatic rings. The van der Waals surface area contributed by atoms with E-state index in [1.807, 2.05) is 0 Å². The first kappa shape index (κ1) is 18.1. The van der Waals surface area contributed by atoms with Crippen molar-refractivity contribution in [1.82, 2.24) is 9.88 Å². The highest BCUT2D eigenvalue weighted by Gasteiger charge is 2.24. The van der Waals surface area contributed by atoms with E-state index in [2.05, 4.69) is 5.32 Å². The summed E-state index contributed by atoms with van der Waals surface area (Å²) in [6.07, 6.45) is 0.845. The number of rotatable bonds is 5. The van der Waals surface area contributed by atoms with Crippen LogP contribution in [-0.2, 0) is 24.1 Å². The highest BCUT2D eigenvalue weighted by molar-refractivity contribution is 5.93. The predicted octanol–water partition coefficient (Wildman–Crippen LogP) is 1.54. The maximum atomic E-state index is 13.7. The number of nitrogens with one attached hydrogen (secondary N) is 1. The van der Waals surface area contributed by atoms with Gasteiger partial charge in [-0.15, -0.1) is 0 Å². The number of halogens is 1. The van der Waals surface area contributed by atoms with Crippen LogP contribution in [0.15, 0.2) is 35.1 Å². The molecule has 7 heteroatoms. The summed E-state index contributed by atoms with van der Waals surface area (Å²) in [5.74, 6) is -0.666. The third kappa shape index (κ3) is 3.77. The van der Waals surface area contributed by atoms with Crippen LogP contribution in [-0.4, -0.2) is 37.3 Å². The van der Waals surface area contributed by atoms with Gasteiger partial charge in [-0.2, -0.15) is 0 Å². The minimum Gasteiger partial charge on any atom is -0.492 e. The molecule has 0 saturated heterocycles. The smallest absolute Gasteiger partial charge is 0.343 e. The lowest BCUT2D eigenvalue weighted by atomic mass is 10.1. The highest BCUT2D eigenvalue weighted by Crippen LogP contribution is 2.23. The molecule has 0 amide bonds. The van der Waals surface area contributed by atoms with Crippen LogP contribution in [0.25, 0.3) is 0 Å². The van der Waals surface area contributed by atoms with Gasteiger partial charge in [0.05, 0.1) is 13.7 Å². The zero-order chi connectivity index (χ0) is 18.5. The number of hydrogen-bond donors (Lipinski definition) is 1. The van der Waals surface area contributed by atoms with Gasteiger partial charge in [-0.25, -0.2) is 9.18 Å². The molecule has 138 valence electrons. The molecular formula is C19H21FN2O4. The Bertz CT molecular complexity index is 863. The van der Waals surface area contributed by atoms with Crippen LogP contribution in [0.4, 0.5) is 4.39 Å². The van der Waals surface area contributed by atoms with Crippen LogP contribution in [0.1, 0.15) is 21.6 Å². The van der Waals surface area contributed by atoms with E-state index in [0.717, 1.165) is 0 Å². The molecule has 1 N–H and O–H groups in total. The molecule has 1 aromatic heterocycles. The summed E-state index contributed by atoms with van der Waals surface area (Å²) in [5.41, 5.74) is 1.17. The summed E-state index contributed by atoms with van der Waals surface area (Å²) in [4.78, 5) is 24.7. The van der Waals surface area contributed by atoms with Crippen molar-refractivity contribution >= 4 is 5.97 Å². The van der Waals surface area contributed by atoms with Crippen molar-refractivity contribution < 1.29 is 18.7 Å². The maximum absolute atomic E-state index is 13.7. The molecule has 0 bridgehead atoms. The number of carbonyl (C=O) groups is 1. The van der Waals surface area contributed by atoms with Gasteiger partial charge in [0.2, 0.25) is 0 Å². The molecule has 6 nitrogen and oxygen atoms in total. The molecule has 0 saturated carbocycles. The van der Waals surface area contributed by atoms with E-state index in [4.69, 9.17) is 9.47 Å². The van der Waals surface area contributed by atoms with Crippen LogP contribution in [0.5, 0.6) is 5.75 Å². The van der Waals surface area contributed by atoms with Crippen molar-refractivity contribution in [3.05, 3.63) is 63.3 Å². The minimum absolute atomic E-state index is 0.145. The fourth-order valence-electron chi connectivity index (χ4n) is 3.11. The Morgan fingerprint density at radius 1 is 1.31 bits per heavy atom. The highest BCUT2D eigenvalue weighted by atomic mass is 19.1. The van der Waals surface area contributed by atoms with Crippen LogP contribution in [0.2, 0.25) is 0 Å². The summed E-state index contributed by atoms with van der Waals surface area (Å²) >= 11 is 0. The molecule has 26 heavy (non-hydrogen) atoms. The molecule has 0 unspecified atom stereocenters. The number of carbonyl (C=O) groups excluding carboxylic acids is 1. The van der Waals surface area contributed by atoms with Gasteiger partial charge in [-0.3, -0.25) is 4.79 Å². The zero-order valence-corrected chi connectivity index (χ0v) is 14.6. The summed E-state index contributed by atoms with van der Waals surface area (Å²) < 4.78 is 25.9. The van der Waals surface area contributed by atoms with Gasteiger partial charge in [0, 0.05) is 44.2 Å². The molecular weight excluding hydrogens is 339 g/mol. The number of ether oxygens (including phenoxy) is 2. The van der Waals surface area contributed by atoms with Crippen molar-refractivity contribution in [1.29, 1.82) is 0 Å². The summed E-state index contributed by atoms with van der Waals surface area (Å²) in [7, 11) is 1.29. The van der Waals surface area contributed by atoms with Crippen LogP contribution >= 0.6 is 0 Å². The average molecular weight is 360 g/mol. The van der Waals surface area contributed by atoms with Crippen LogP contribution in [0.3, 0.4) is 0 Å². The Kier molecular flexibility index (Phi) is 5.68. The van der Waals surface area contributed by atoms with Gasteiger partial charge in [0.15, 0.2) is 0 Å². The molecule has 2 aromatic rings. The number of hydrogen-bond acceptors (Lipinski definition) is 5. The second kappa shape index (κ2) is 8.14. The van der Waals surface area contributed by atoms with E-state index in [1.165, 1.54) is 19.2 Å². The molecule has 3 rings (SSSR count). The van der Waals surface area contributed by atoms with Gasteiger partial charge in [0.1, 0.15) is 17.1 Å². The van der Waals surface area contributed by atoms with Crippen molar-refractivity contribution in [2.24, 2.45) is 0 Å². The Morgan fingerprint density at radius 2 is 2.12 bits per heavy atom. The molecule has 1 aliphatic heterocycles. The molecule has 2 heterocycles. The Balaban J connectivity index is 1.89. The number of esters is 1. The second-order valence-corrected chi connectivity index (χ2v) is 6.00. The summed E-state index contributed by atoms with van der Waals surface area (Å²) in [5, 5.41) is 3.20. The number of fused-ring (bicyclic) bond motifs is 1. The first-order valence-corrected chi connectivity index (χ1v) is 8.53. The number of methoxy groups -OCH3 is 1. The fourth-order valence-corrected chi connectivity index (χ4v) is 3.11. The third-order valence-corrected chi connectivity index (χ3v) is 4.41. The van der Waals surface area contributed by atoms with E-state index < -0.39 is 5.97 Å². The Hall–Kier alpha value is -2.67. The maximum Gasteiger partial charge on any atom is 0.343 e. The predicted molar refractivity (Wildman–Crippen MR) is 94.2 cm³/mol. The lowest BCUT2D eigenvalue weighted by Crippen LogP contribution is -2.28. The SMILES string of the molecule is COC(=O)c1c(OCCc2ccccc2F)cc(=O)n2c1CCNCC2. The average Bonchev–Trinajstić information content (AvgIpc) is 2.89. The summed E-state index contributed by atoms with van der Waals surface area (Å²) in [6.45, 7) is 1.93. The molecule has 0 atom stereocenters. The quantitative estimate of drug-likeness (QED) is 0.819. The van der Waals surface area contributed by atoms with Crippen molar-refractivity contribution in [3.8, 4) is 5.75 Å². The number of benzene rings is 1. The molecule has 0 fully saturated rings. The van der Waals surface area contributed by atoms with E-state index in [0.29, 0.717) is 43.7 Å². The van der Waals surface area contributed by atoms with Crippen molar-refractivity contribution in [3.63, 3.8) is 0 Å². The van der Waals surface area contributed by atoms with Gasteiger partial charge in [0.25, 0.3) is 5.56 Å². The third-order valence-electron chi connectivity index (χ3n) is 4.41. The summed E-state index contributed by atoms with van der Waals surface area (Å²) in [6, 6.07) is 7.74. The fraction of sp³-hybridized carbons (Fsp3) is 0.368. The molecule has 0 spiro atoms. The van der Waals surface area contributed by atoms with Gasteiger partial charge in [-0.05, 0) is 11.6 Å². The second-order valence-electron chi connectivity index (χ2n) is 6.00. The largest absolute Gasteiger partial charge is 0.492 e. The van der Waals surface area contributed by atoms with Gasteiger partial charge >= 0.3 is 5.97 Å². The van der Waals surface area contributed by atoms with E-state index >= 15 is 0 Å². The van der Waals surface area contributed by atoms with Gasteiger partial charge < -0.3 is 19.4 Å². The molecule has 1 aromatic carbocycles. The van der Waals surface area contributed by atoms with E-state index in [-0.39, 0.29) is 29.3 Å². The van der Waals surface area contributed by atoms with Crippen LogP contribution < -0.4 is 15.6 Å². The molecule has 0 aliphatic carbocycles. The van der Waals surface area contributed by atoms with Crippen LogP contribution in [0, 0.1) is 5.82 Å². The first-order chi connectivity index (χ1) is 12.6. The Labute approximate surface area is 150 Å².